The van der Waals surface area contributed by atoms with Gasteiger partial charge in [0.05, 0.1) is 25.4 Å². The number of alkyl halides is 3. The number of furan rings is 1. The summed E-state index contributed by atoms with van der Waals surface area (Å²) in [6.07, 6.45) is -7.17. The van der Waals surface area contributed by atoms with Gasteiger partial charge < -0.3 is 23.7 Å². The first-order valence-corrected chi connectivity index (χ1v) is 8.15. The van der Waals surface area contributed by atoms with Crippen molar-refractivity contribution in [3.05, 3.63) is 24.5 Å². The molecule has 1 fully saturated rings. The molecule has 1 unspecified atom stereocenters. The molecule has 2 heterocycles. The fourth-order valence-electron chi connectivity index (χ4n) is 2.74. The van der Waals surface area contributed by atoms with Gasteiger partial charge in [0.1, 0.15) is 23.7 Å². The Morgan fingerprint density at radius 2 is 2.19 bits per heavy atom. The molecule has 1 aromatic carbocycles. The lowest BCUT2D eigenvalue weighted by Gasteiger charge is -2.14. The first-order valence-electron chi connectivity index (χ1n) is 8.15. The van der Waals surface area contributed by atoms with Gasteiger partial charge in [0.15, 0.2) is 6.10 Å². The van der Waals surface area contributed by atoms with E-state index in [1.54, 1.807) is 12.1 Å². The predicted octanol–water partition coefficient (Wildman–Crippen LogP) is 3.10. The van der Waals surface area contributed by atoms with Crippen LogP contribution in [0.1, 0.15) is 6.42 Å². The lowest BCUT2D eigenvalue weighted by molar-refractivity contribution is -0.206. The van der Waals surface area contributed by atoms with E-state index in [0.717, 1.165) is 0 Å². The van der Waals surface area contributed by atoms with Crippen molar-refractivity contribution >= 4 is 22.7 Å². The summed E-state index contributed by atoms with van der Waals surface area (Å²) in [4.78, 5) is 13.4. The Kier molecular flexibility index (Phi) is 5.47. The average molecular weight is 389 g/mol. The smallest absolute Gasteiger partial charge is 0.414 e. The number of halogens is 3. The van der Waals surface area contributed by atoms with E-state index in [4.69, 9.17) is 23.7 Å². The molecule has 1 N–H and O–H groups in total. The van der Waals surface area contributed by atoms with E-state index in [1.165, 1.54) is 24.3 Å². The summed E-state index contributed by atoms with van der Waals surface area (Å²) in [7, 11) is 1.51. The maximum Gasteiger partial charge on any atom is 0.414 e. The number of hydrogen-bond acceptors (Lipinski definition) is 6. The second kappa shape index (κ2) is 7.65. The number of ether oxygens (including phenoxy) is 3. The quantitative estimate of drug-likeness (QED) is 0.784. The summed E-state index contributed by atoms with van der Waals surface area (Å²) in [6, 6.07) is 4.70. The number of rotatable bonds is 7. The molecule has 0 spiro atoms. The number of benzene rings is 1. The average Bonchev–Trinajstić information content (AvgIpc) is 3.17. The SMILES string of the molecule is COC[C@@H]1CN(c2coc3cc(OCCC(O)C(F)(F)F)ccc23)C(=O)O1. The molecule has 0 aliphatic carbocycles. The van der Waals surface area contributed by atoms with E-state index in [2.05, 4.69) is 0 Å². The Morgan fingerprint density at radius 1 is 1.41 bits per heavy atom. The van der Waals surface area contributed by atoms with E-state index < -0.39 is 24.8 Å². The van der Waals surface area contributed by atoms with Gasteiger partial charge in [-0.1, -0.05) is 0 Å². The normalized spacial score (nSPS) is 18.8. The lowest BCUT2D eigenvalue weighted by atomic mass is 10.2. The lowest BCUT2D eigenvalue weighted by Crippen LogP contribution is -2.30. The monoisotopic (exact) mass is 389 g/mol. The molecule has 2 atom stereocenters. The van der Waals surface area contributed by atoms with Crippen molar-refractivity contribution in [1.82, 2.24) is 0 Å². The van der Waals surface area contributed by atoms with Crippen LogP contribution >= 0.6 is 0 Å². The molecule has 1 aliphatic rings. The molecular formula is C17H18F3NO6. The van der Waals surface area contributed by atoms with Crippen LogP contribution < -0.4 is 9.64 Å². The number of hydrogen-bond donors (Lipinski definition) is 1. The Balaban J connectivity index is 1.67. The first-order chi connectivity index (χ1) is 12.8. The predicted molar refractivity (Wildman–Crippen MR) is 87.9 cm³/mol. The topological polar surface area (TPSA) is 81.4 Å². The number of aliphatic hydroxyl groups excluding tert-OH is 1. The third kappa shape index (κ3) is 4.28. The molecule has 148 valence electrons. The van der Waals surface area contributed by atoms with Crippen LogP contribution in [0, 0.1) is 0 Å². The van der Waals surface area contributed by atoms with Gasteiger partial charge in [0.2, 0.25) is 0 Å². The highest BCUT2D eigenvalue weighted by Crippen LogP contribution is 2.34. The van der Waals surface area contributed by atoms with E-state index in [-0.39, 0.29) is 19.3 Å². The molecule has 1 amide bonds. The van der Waals surface area contributed by atoms with Crippen LogP contribution in [-0.2, 0) is 9.47 Å². The van der Waals surface area contributed by atoms with Gasteiger partial charge in [-0.15, -0.1) is 0 Å². The van der Waals surface area contributed by atoms with Gasteiger partial charge in [-0.25, -0.2) is 4.79 Å². The minimum atomic E-state index is -4.67. The van der Waals surface area contributed by atoms with Crippen molar-refractivity contribution in [2.45, 2.75) is 24.8 Å². The highest BCUT2D eigenvalue weighted by atomic mass is 19.4. The number of fused-ring (bicyclic) bond motifs is 1. The number of nitrogens with zero attached hydrogens (tertiary/aromatic N) is 1. The molecule has 2 aromatic rings. The van der Waals surface area contributed by atoms with Crippen LogP contribution in [0.5, 0.6) is 5.75 Å². The van der Waals surface area contributed by atoms with Gasteiger partial charge in [-0.2, -0.15) is 13.2 Å². The van der Waals surface area contributed by atoms with Crippen LogP contribution in [0.15, 0.2) is 28.9 Å². The number of amides is 1. The van der Waals surface area contributed by atoms with Gasteiger partial charge in [0.25, 0.3) is 0 Å². The molecule has 1 aliphatic heterocycles. The van der Waals surface area contributed by atoms with Gasteiger partial charge in [-0.3, -0.25) is 4.90 Å². The molecule has 0 saturated carbocycles. The molecular weight excluding hydrogens is 371 g/mol. The Labute approximate surface area is 152 Å². The van der Waals surface area contributed by atoms with Crippen molar-refractivity contribution in [3.63, 3.8) is 0 Å². The Bertz CT molecular complexity index is 806. The molecule has 27 heavy (non-hydrogen) atoms. The second-order valence-electron chi connectivity index (χ2n) is 6.05. The van der Waals surface area contributed by atoms with Crippen molar-refractivity contribution in [2.75, 3.05) is 31.8 Å². The third-order valence-corrected chi connectivity index (χ3v) is 4.08. The molecule has 1 saturated heterocycles. The number of carbonyl (C=O) groups is 1. The van der Waals surface area contributed by atoms with E-state index in [0.29, 0.717) is 29.0 Å². The van der Waals surface area contributed by atoms with Crippen molar-refractivity contribution in [3.8, 4) is 5.75 Å². The Morgan fingerprint density at radius 3 is 2.89 bits per heavy atom. The molecule has 0 radical (unpaired) electrons. The molecule has 10 heteroatoms. The zero-order valence-electron chi connectivity index (χ0n) is 14.4. The summed E-state index contributed by atoms with van der Waals surface area (Å²) >= 11 is 0. The van der Waals surface area contributed by atoms with E-state index in [9.17, 15) is 18.0 Å². The second-order valence-corrected chi connectivity index (χ2v) is 6.05. The summed E-state index contributed by atoms with van der Waals surface area (Å²) in [5.74, 6) is 0.291. The summed E-state index contributed by atoms with van der Waals surface area (Å²) < 4.78 is 57.7. The summed E-state index contributed by atoms with van der Waals surface area (Å²) in [5, 5.41) is 9.59. The van der Waals surface area contributed by atoms with E-state index in [1.807, 2.05) is 0 Å². The maximum absolute atomic E-state index is 12.3. The standard InChI is InChI=1S/C17H18F3NO6/c1-24-8-11-7-21(16(23)27-11)13-9-26-14-6-10(2-3-12(13)14)25-5-4-15(22)17(18,19)20/h2-3,6,9,11,15,22H,4-5,7-8H2,1H3/t11-,15?/m0/s1. The van der Waals surface area contributed by atoms with Crippen molar-refractivity contribution in [1.29, 1.82) is 0 Å². The highest BCUT2D eigenvalue weighted by Gasteiger charge is 2.38. The molecule has 3 rings (SSSR count). The van der Waals surface area contributed by atoms with E-state index >= 15 is 0 Å². The number of methoxy groups -OCH3 is 1. The third-order valence-electron chi connectivity index (χ3n) is 4.08. The van der Waals surface area contributed by atoms with Gasteiger partial charge in [-0.05, 0) is 12.1 Å². The van der Waals surface area contributed by atoms with Crippen molar-refractivity contribution < 1.29 is 41.7 Å². The van der Waals surface area contributed by atoms with Crippen LogP contribution in [0.25, 0.3) is 11.0 Å². The molecule has 1 aromatic heterocycles. The zero-order valence-corrected chi connectivity index (χ0v) is 14.4. The largest absolute Gasteiger partial charge is 0.493 e. The van der Waals surface area contributed by atoms with Gasteiger partial charge >= 0.3 is 12.3 Å². The minimum absolute atomic E-state index is 0.278. The van der Waals surface area contributed by atoms with Crippen LogP contribution in [-0.4, -0.2) is 56.5 Å². The van der Waals surface area contributed by atoms with Crippen molar-refractivity contribution in [2.24, 2.45) is 0 Å². The fraction of sp³-hybridized carbons (Fsp3) is 0.471. The summed E-state index contributed by atoms with van der Waals surface area (Å²) in [5.41, 5.74) is 0.925. The first kappa shape index (κ1) is 19.3. The zero-order chi connectivity index (χ0) is 19.6. The number of cyclic esters (lactones) is 1. The highest BCUT2D eigenvalue weighted by molar-refractivity contribution is 6.01. The summed E-state index contributed by atoms with van der Waals surface area (Å²) in [6.45, 7) is 0.283. The molecule has 7 nitrogen and oxygen atoms in total. The van der Waals surface area contributed by atoms with Crippen LogP contribution in [0.4, 0.5) is 23.7 Å². The van der Waals surface area contributed by atoms with Gasteiger partial charge in [0, 0.05) is 25.0 Å². The number of aliphatic hydroxyl groups is 1. The molecule has 0 bridgehead atoms. The number of anilines is 1. The Hall–Kier alpha value is -2.46. The van der Waals surface area contributed by atoms with Crippen LogP contribution in [0.2, 0.25) is 0 Å². The van der Waals surface area contributed by atoms with Crippen LogP contribution in [0.3, 0.4) is 0 Å². The number of carbonyl (C=O) groups excluding carboxylic acids is 1. The maximum atomic E-state index is 12.3. The minimum Gasteiger partial charge on any atom is -0.493 e. The fourth-order valence-corrected chi connectivity index (χ4v) is 2.74.